The number of nitrogens with zero attached hydrogens (tertiary/aromatic N) is 2. The van der Waals surface area contributed by atoms with E-state index in [1.165, 1.54) is 18.2 Å². The van der Waals surface area contributed by atoms with E-state index in [4.69, 9.17) is 9.84 Å². The predicted octanol–water partition coefficient (Wildman–Crippen LogP) is 1.80. The van der Waals surface area contributed by atoms with Crippen molar-refractivity contribution in [2.75, 3.05) is 7.11 Å². The van der Waals surface area contributed by atoms with E-state index in [1.807, 2.05) is 0 Å². The number of hydrogen-bond acceptors (Lipinski definition) is 4. The van der Waals surface area contributed by atoms with E-state index in [0.29, 0.717) is 5.75 Å². The number of carbonyl (C=O) groups is 3. The molecule has 0 aromatic heterocycles. The van der Waals surface area contributed by atoms with Crippen LogP contribution < -0.4 is 4.74 Å². The van der Waals surface area contributed by atoms with Gasteiger partial charge in [-0.05, 0) is 23.8 Å². The van der Waals surface area contributed by atoms with Gasteiger partial charge in [0, 0.05) is 0 Å². The minimum absolute atomic E-state index is 0.00537. The summed E-state index contributed by atoms with van der Waals surface area (Å²) >= 11 is 0. The van der Waals surface area contributed by atoms with Gasteiger partial charge >= 0.3 is 12.0 Å². The summed E-state index contributed by atoms with van der Waals surface area (Å²) in [7, 11) is 1.55. The topological polar surface area (TPSA) is 96.3 Å². The van der Waals surface area contributed by atoms with Gasteiger partial charge in [0.15, 0.2) is 0 Å². The Labute approximate surface area is 137 Å². The van der Waals surface area contributed by atoms with Crippen molar-refractivity contribution in [1.29, 1.82) is 0 Å². The standard InChI is InChI=1S/C17H14N2O5/c1-24-12-5-2-10(3-6-12)9-19-15(20)13-7-4-11(16(21)22)8-14(13)18-17(19)23/h2-8,13H,9H2,1H3,(H,21,22). The first-order valence-corrected chi connectivity index (χ1v) is 7.19. The fourth-order valence-electron chi connectivity index (χ4n) is 2.53. The van der Waals surface area contributed by atoms with Crippen LogP contribution in [-0.4, -0.2) is 40.7 Å². The van der Waals surface area contributed by atoms with Crippen molar-refractivity contribution in [3.05, 3.63) is 53.6 Å². The number of imide groups is 1. The number of urea groups is 1. The van der Waals surface area contributed by atoms with Crippen LogP contribution in [0.15, 0.2) is 53.1 Å². The summed E-state index contributed by atoms with van der Waals surface area (Å²) in [5.41, 5.74) is 0.919. The van der Waals surface area contributed by atoms with E-state index in [9.17, 15) is 14.4 Å². The lowest BCUT2D eigenvalue weighted by atomic mass is 9.92. The number of benzene rings is 1. The second kappa shape index (κ2) is 6.11. The Bertz CT molecular complexity index is 805. The van der Waals surface area contributed by atoms with Crippen molar-refractivity contribution in [1.82, 2.24) is 4.90 Å². The Hall–Kier alpha value is -3.22. The normalized spacial score (nSPS) is 19.5. The van der Waals surface area contributed by atoms with Gasteiger partial charge in [-0.25, -0.2) is 9.59 Å². The first kappa shape index (κ1) is 15.7. The van der Waals surface area contributed by atoms with Crippen LogP contribution in [0.25, 0.3) is 0 Å². The highest BCUT2D eigenvalue weighted by Crippen LogP contribution is 2.24. The average molecular weight is 326 g/mol. The number of methoxy groups -OCH3 is 1. The molecule has 122 valence electrons. The van der Waals surface area contributed by atoms with Crippen LogP contribution in [0.4, 0.5) is 4.79 Å². The van der Waals surface area contributed by atoms with Crippen LogP contribution in [0.1, 0.15) is 5.56 Å². The van der Waals surface area contributed by atoms with Crippen LogP contribution in [-0.2, 0) is 16.1 Å². The Morgan fingerprint density at radius 1 is 1.29 bits per heavy atom. The van der Waals surface area contributed by atoms with E-state index in [2.05, 4.69) is 4.99 Å². The summed E-state index contributed by atoms with van der Waals surface area (Å²) in [6.07, 6.45) is 4.07. The van der Waals surface area contributed by atoms with Gasteiger partial charge < -0.3 is 9.84 Å². The smallest absolute Gasteiger partial charge is 0.350 e. The van der Waals surface area contributed by atoms with E-state index in [1.54, 1.807) is 31.4 Å². The first-order valence-electron chi connectivity index (χ1n) is 7.19. The third-order valence-electron chi connectivity index (χ3n) is 3.82. The van der Waals surface area contributed by atoms with E-state index >= 15 is 0 Å². The maximum Gasteiger partial charge on any atom is 0.350 e. The number of rotatable bonds is 4. The zero-order chi connectivity index (χ0) is 17.3. The Morgan fingerprint density at radius 2 is 2.00 bits per heavy atom. The number of carboxylic acids is 1. The fourth-order valence-corrected chi connectivity index (χ4v) is 2.53. The molecule has 7 heteroatoms. The van der Waals surface area contributed by atoms with Crippen molar-refractivity contribution in [3.8, 4) is 5.75 Å². The maximum absolute atomic E-state index is 12.5. The number of carboxylic acid groups (broad SMARTS) is 1. The van der Waals surface area contributed by atoms with Crippen molar-refractivity contribution >= 4 is 23.6 Å². The summed E-state index contributed by atoms with van der Waals surface area (Å²) in [4.78, 5) is 40.6. The molecular weight excluding hydrogens is 312 g/mol. The summed E-state index contributed by atoms with van der Waals surface area (Å²) in [6, 6.07) is 6.31. The van der Waals surface area contributed by atoms with E-state index in [0.717, 1.165) is 10.5 Å². The van der Waals surface area contributed by atoms with Gasteiger partial charge in [0.1, 0.15) is 5.75 Å². The summed E-state index contributed by atoms with van der Waals surface area (Å²) in [5.74, 6) is -1.60. The van der Waals surface area contributed by atoms with Gasteiger partial charge in [-0.1, -0.05) is 24.3 Å². The number of ether oxygens (including phenoxy) is 1. The molecule has 1 N–H and O–H groups in total. The minimum atomic E-state index is -1.13. The number of carbonyl (C=O) groups excluding carboxylic acids is 2. The molecule has 0 radical (unpaired) electrons. The molecule has 3 amide bonds. The fraction of sp³-hybridized carbons (Fsp3) is 0.176. The van der Waals surface area contributed by atoms with Crippen molar-refractivity contribution in [3.63, 3.8) is 0 Å². The molecule has 0 bridgehead atoms. The number of allylic oxidation sites excluding steroid dienone is 1. The largest absolute Gasteiger partial charge is 0.497 e. The van der Waals surface area contributed by atoms with Crippen LogP contribution >= 0.6 is 0 Å². The summed E-state index contributed by atoms with van der Waals surface area (Å²) in [6.45, 7) is 0.0955. The Morgan fingerprint density at radius 3 is 2.62 bits per heavy atom. The molecule has 0 fully saturated rings. The van der Waals surface area contributed by atoms with Crippen LogP contribution in [0.3, 0.4) is 0 Å². The van der Waals surface area contributed by atoms with E-state index < -0.39 is 23.8 Å². The van der Waals surface area contributed by atoms with Crippen LogP contribution in [0.2, 0.25) is 0 Å². The van der Waals surface area contributed by atoms with Gasteiger partial charge in [-0.15, -0.1) is 0 Å². The highest BCUT2D eigenvalue weighted by molar-refractivity contribution is 6.23. The molecule has 3 rings (SSSR count). The molecule has 1 aromatic carbocycles. The highest BCUT2D eigenvalue weighted by Gasteiger charge is 2.36. The summed E-state index contributed by atoms with van der Waals surface area (Å²) < 4.78 is 5.07. The van der Waals surface area contributed by atoms with Gasteiger partial charge in [-0.2, -0.15) is 4.99 Å². The maximum atomic E-state index is 12.5. The molecule has 0 saturated heterocycles. The van der Waals surface area contributed by atoms with Crippen molar-refractivity contribution in [2.24, 2.45) is 10.9 Å². The molecule has 24 heavy (non-hydrogen) atoms. The molecule has 1 unspecified atom stereocenters. The molecule has 1 aromatic rings. The van der Waals surface area contributed by atoms with Gasteiger partial charge in [-0.3, -0.25) is 9.69 Å². The molecule has 0 saturated carbocycles. The molecule has 0 spiro atoms. The van der Waals surface area contributed by atoms with Gasteiger partial charge in [0.05, 0.1) is 30.9 Å². The molecule has 1 aliphatic carbocycles. The number of fused-ring (bicyclic) bond motifs is 1. The second-order valence-corrected chi connectivity index (χ2v) is 5.33. The lowest BCUT2D eigenvalue weighted by molar-refractivity contribution is -0.132. The van der Waals surface area contributed by atoms with Crippen LogP contribution in [0.5, 0.6) is 5.75 Å². The number of aliphatic carboxylic acids is 1. The minimum Gasteiger partial charge on any atom is -0.497 e. The highest BCUT2D eigenvalue weighted by atomic mass is 16.5. The lowest BCUT2D eigenvalue weighted by Crippen LogP contribution is -2.45. The molecule has 1 atom stereocenters. The zero-order valence-corrected chi connectivity index (χ0v) is 12.8. The van der Waals surface area contributed by atoms with Crippen LogP contribution in [0, 0.1) is 5.92 Å². The van der Waals surface area contributed by atoms with Gasteiger partial charge in [0.25, 0.3) is 0 Å². The third kappa shape index (κ3) is 2.83. The number of hydrogen-bond donors (Lipinski definition) is 1. The average Bonchev–Trinajstić information content (AvgIpc) is 2.58. The molecule has 2 aliphatic rings. The monoisotopic (exact) mass is 326 g/mol. The van der Waals surface area contributed by atoms with Crippen molar-refractivity contribution in [2.45, 2.75) is 6.54 Å². The van der Waals surface area contributed by atoms with Crippen molar-refractivity contribution < 1.29 is 24.2 Å². The Balaban J connectivity index is 1.84. The third-order valence-corrected chi connectivity index (χ3v) is 3.82. The molecule has 1 heterocycles. The predicted molar refractivity (Wildman–Crippen MR) is 84.7 cm³/mol. The summed E-state index contributed by atoms with van der Waals surface area (Å²) in [5, 5.41) is 8.98. The SMILES string of the molecule is COc1ccc(CN2C(=O)N=C3C=C(C(=O)O)C=CC3C2=O)cc1. The number of amides is 3. The van der Waals surface area contributed by atoms with Gasteiger partial charge in [0.2, 0.25) is 5.91 Å². The zero-order valence-electron chi connectivity index (χ0n) is 12.8. The van der Waals surface area contributed by atoms with E-state index in [-0.39, 0.29) is 17.8 Å². The number of aliphatic imine (C=N–C) groups is 1. The lowest BCUT2D eigenvalue weighted by Gasteiger charge is -2.28. The molecular formula is C17H14N2O5. The molecule has 1 aliphatic heterocycles. The second-order valence-electron chi connectivity index (χ2n) is 5.33. The molecule has 7 nitrogen and oxygen atoms in total. The first-order chi connectivity index (χ1) is 11.5. The quantitative estimate of drug-likeness (QED) is 0.910. The Kier molecular flexibility index (Phi) is 3.99.